The van der Waals surface area contributed by atoms with Gasteiger partial charge in [-0.25, -0.2) is 4.68 Å². The molecule has 0 amide bonds. The molecule has 0 spiro atoms. The Morgan fingerprint density at radius 1 is 0.885 bits per heavy atom. The molecule has 0 bridgehead atoms. The average Bonchev–Trinajstić information content (AvgIpc) is 3.10. The number of hydrogen-bond donors (Lipinski definition) is 1. The van der Waals surface area contributed by atoms with Crippen molar-refractivity contribution in [1.82, 2.24) is 9.78 Å². The highest BCUT2D eigenvalue weighted by molar-refractivity contribution is 6.03. The molecule has 130 valence electrons. The zero-order valence-electron chi connectivity index (χ0n) is 15.2. The van der Waals surface area contributed by atoms with Crippen LogP contribution in [0, 0.1) is 0 Å². The maximum Gasteiger partial charge on any atom is 0.103 e. The normalized spacial score (nSPS) is 12.2. The maximum atomic E-state index is 5.00. The number of nitrogens with one attached hydrogen (secondary N) is 1. The minimum Gasteiger partial charge on any atom is -0.382 e. The molecule has 1 N–H and O–H groups in total. The van der Waals surface area contributed by atoms with Crippen molar-refractivity contribution in [2.24, 2.45) is 0 Å². The molecule has 0 fully saturated rings. The molecule has 26 heavy (non-hydrogen) atoms. The predicted molar refractivity (Wildman–Crippen MR) is 110 cm³/mol. The molecular weight excluding hydrogens is 318 g/mol. The van der Waals surface area contributed by atoms with E-state index in [9.17, 15) is 0 Å². The molecule has 4 rings (SSSR count). The number of benzene rings is 3. The van der Waals surface area contributed by atoms with Gasteiger partial charge in [0.1, 0.15) is 5.69 Å². The predicted octanol–water partition coefficient (Wildman–Crippen LogP) is 5.90. The monoisotopic (exact) mass is 341 g/mol. The third kappa shape index (κ3) is 2.97. The van der Waals surface area contributed by atoms with E-state index in [-0.39, 0.29) is 0 Å². The quantitative estimate of drug-likeness (QED) is 0.489. The molecule has 1 aromatic heterocycles. The summed E-state index contributed by atoms with van der Waals surface area (Å²) >= 11 is 0. The first-order valence-electron chi connectivity index (χ1n) is 9.17. The van der Waals surface area contributed by atoms with E-state index in [4.69, 9.17) is 5.10 Å². The van der Waals surface area contributed by atoms with E-state index in [1.54, 1.807) is 0 Å². The summed E-state index contributed by atoms with van der Waals surface area (Å²) in [4.78, 5) is 0. The van der Waals surface area contributed by atoms with Crippen molar-refractivity contribution >= 4 is 16.6 Å². The van der Waals surface area contributed by atoms with Gasteiger partial charge in [-0.3, -0.25) is 0 Å². The van der Waals surface area contributed by atoms with Crippen LogP contribution in [0.4, 0.5) is 5.69 Å². The van der Waals surface area contributed by atoms with E-state index in [1.165, 1.54) is 5.39 Å². The van der Waals surface area contributed by atoms with Crippen molar-refractivity contribution in [3.05, 3.63) is 78.9 Å². The van der Waals surface area contributed by atoms with Crippen LogP contribution in [0.2, 0.25) is 0 Å². The number of hydrogen-bond acceptors (Lipinski definition) is 2. The fraction of sp³-hybridized carbons (Fsp3) is 0.174. The van der Waals surface area contributed by atoms with E-state index in [1.807, 2.05) is 28.9 Å². The third-order valence-electron chi connectivity index (χ3n) is 4.77. The fourth-order valence-corrected chi connectivity index (χ4v) is 3.22. The Morgan fingerprint density at radius 3 is 2.27 bits per heavy atom. The van der Waals surface area contributed by atoms with Crippen LogP contribution >= 0.6 is 0 Å². The standard InChI is InChI=1S/C23H23N3/c1-3-17(2)24-20-15-10-16-21-22(20)23(18-11-6-4-7-12-18)25-26(21)19-13-8-5-9-14-19/h4-17,24H,3H2,1-2H3. The van der Waals surface area contributed by atoms with Gasteiger partial charge in [0, 0.05) is 17.3 Å². The van der Waals surface area contributed by atoms with Gasteiger partial charge in [0.2, 0.25) is 0 Å². The Bertz CT molecular complexity index is 1000. The molecule has 3 heteroatoms. The Kier molecular flexibility index (Phi) is 4.44. The van der Waals surface area contributed by atoms with Gasteiger partial charge in [-0.1, -0.05) is 61.5 Å². The van der Waals surface area contributed by atoms with Gasteiger partial charge in [-0.05, 0) is 37.6 Å². The van der Waals surface area contributed by atoms with Crippen LogP contribution < -0.4 is 5.32 Å². The lowest BCUT2D eigenvalue weighted by Crippen LogP contribution is -2.13. The van der Waals surface area contributed by atoms with E-state index in [0.717, 1.165) is 34.6 Å². The number of nitrogens with zero attached hydrogens (tertiary/aromatic N) is 2. The number of fused-ring (bicyclic) bond motifs is 1. The average molecular weight is 341 g/mol. The summed E-state index contributed by atoms with van der Waals surface area (Å²) in [6.07, 6.45) is 1.07. The minimum absolute atomic E-state index is 0.407. The molecule has 0 saturated carbocycles. The summed E-state index contributed by atoms with van der Waals surface area (Å²) < 4.78 is 2.04. The summed E-state index contributed by atoms with van der Waals surface area (Å²) in [6, 6.07) is 27.5. The molecule has 3 nitrogen and oxygen atoms in total. The van der Waals surface area contributed by atoms with Crippen molar-refractivity contribution in [2.75, 3.05) is 5.32 Å². The van der Waals surface area contributed by atoms with Gasteiger partial charge >= 0.3 is 0 Å². The maximum absolute atomic E-state index is 5.00. The molecule has 1 unspecified atom stereocenters. The molecule has 4 aromatic rings. The highest BCUT2D eigenvalue weighted by atomic mass is 15.3. The van der Waals surface area contributed by atoms with Gasteiger partial charge in [0.05, 0.1) is 16.6 Å². The van der Waals surface area contributed by atoms with Crippen LogP contribution in [0.5, 0.6) is 0 Å². The van der Waals surface area contributed by atoms with Gasteiger partial charge in [-0.2, -0.15) is 5.10 Å². The Balaban J connectivity index is 1.99. The van der Waals surface area contributed by atoms with Crippen LogP contribution in [-0.2, 0) is 0 Å². The Hall–Kier alpha value is -3.07. The third-order valence-corrected chi connectivity index (χ3v) is 4.77. The summed E-state index contributed by atoms with van der Waals surface area (Å²) in [7, 11) is 0. The topological polar surface area (TPSA) is 29.9 Å². The summed E-state index contributed by atoms with van der Waals surface area (Å²) in [5.74, 6) is 0. The lowest BCUT2D eigenvalue weighted by atomic mass is 10.1. The smallest absolute Gasteiger partial charge is 0.103 e. The van der Waals surface area contributed by atoms with Crippen molar-refractivity contribution in [1.29, 1.82) is 0 Å². The molecular formula is C23H23N3. The first-order chi connectivity index (χ1) is 12.8. The minimum atomic E-state index is 0.407. The first kappa shape index (κ1) is 16.4. The van der Waals surface area contributed by atoms with E-state index in [2.05, 4.69) is 73.8 Å². The molecule has 0 aliphatic heterocycles. The molecule has 1 atom stereocenters. The highest BCUT2D eigenvalue weighted by Crippen LogP contribution is 2.35. The molecule has 3 aromatic carbocycles. The van der Waals surface area contributed by atoms with Crippen LogP contribution in [0.15, 0.2) is 78.9 Å². The van der Waals surface area contributed by atoms with Crippen LogP contribution in [0.25, 0.3) is 27.8 Å². The second-order valence-corrected chi connectivity index (χ2v) is 6.62. The Labute approximate surface area is 154 Å². The van der Waals surface area contributed by atoms with Crippen LogP contribution in [0.1, 0.15) is 20.3 Å². The Morgan fingerprint density at radius 2 is 1.58 bits per heavy atom. The molecule has 0 saturated heterocycles. The number of anilines is 1. The van der Waals surface area contributed by atoms with Gasteiger partial charge in [0.15, 0.2) is 0 Å². The molecule has 0 radical (unpaired) electrons. The van der Waals surface area contributed by atoms with Gasteiger partial charge < -0.3 is 5.32 Å². The largest absolute Gasteiger partial charge is 0.382 e. The van der Waals surface area contributed by atoms with Crippen molar-refractivity contribution in [3.8, 4) is 16.9 Å². The summed E-state index contributed by atoms with van der Waals surface area (Å²) in [6.45, 7) is 4.41. The highest BCUT2D eigenvalue weighted by Gasteiger charge is 2.17. The fourth-order valence-electron chi connectivity index (χ4n) is 3.22. The van der Waals surface area contributed by atoms with E-state index < -0.39 is 0 Å². The second kappa shape index (κ2) is 7.04. The van der Waals surface area contributed by atoms with Crippen LogP contribution in [0.3, 0.4) is 0 Å². The number of aromatic nitrogens is 2. The number of rotatable bonds is 5. The SMILES string of the molecule is CCC(C)Nc1cccc2c1c(-c1ccccc1)nn2-c1ccccc1. The zero-order valence-corrected chi connectivity index (χ0v) is 15.2. The molecule has 0 aliphatic rings. The second-order valence-electron chi connectivity index (χ2n) is 6.62. The van der Waals surface area contributed by atoms with Gasteiger partial charge in [0.25, 0.3) is 0 Å². The summed E-state index contributed by atoms with van der Waals surface area (Å²) in [5.41, 5.74) is 5.46. The van der Waals surface area contributed by atoms with E-state index in [0.29, 0.717) is 6.04 Å². The van der Waals surface area contributed by atoms with Gasteiger partial charge in [-0.15, -0.1) is 0 Å². The number of para-hydroxylation sites is 1. The molecule has 0 aliphatic carbocycles. The van der Waals surface area contributed by atoms with Crippen molar-refractivity contribution in [2.45, 2.75) is 26.3 Å². The van der Waals surface area contributed by atoms with Crippen LogP contribution in [-0.4, -0.2) is 15.8 Å². The summed E-state index contributed by atoms with van der Waals surface area (Å²) in [5, 5.41) is 9.83. The van der Waals surface area contributed by atoms with Crippen molar-refractivity contribution in [3.63, 3.8) is 0 Å². The molecule has 1 heterocycles. The lowest BCUT2D eigenvalue weighted by molar-refractivity contribution is 0.765. The zero-order chi connectivity index (χ0) is 17.9. The van der Waals surface area contributed by atoms with Crippen molar-refractivity contribution < 1.29 is 0 Å². The van der Waals surface area contributed by atoms with E-state index >= 15 is 0 Å². The first-order valence-corrected chi connectivity index (χ1v) is 9.17. The lowest BCUT2D eigenvalue weighted by Gasteiger charge is -2.14.